The van der Waals surface area contributed by atoms with Gasteiger partial charge in [0.1, 0.15) is 11.5 Å². The van der Waals surface area contributed by atoms with Crippen molar-refractivity contribution in [2.75, 3.05) is 13.7 Å². The summed E-state index contributed by atoms with van der Waals surface area (Å²) in [4.78, 5) is 12.1. The third kappa shape index (κ3) is 2.53. The summed E-state index contributed by atoms with van der Waals surface area (Å²) in [7, 11) is 1.62. The maximum Gasteiger partial charge on any atom is 0.144 e. The Hall–Kier alpha value is -0.870. The van der Waals surface area contributed by atoms with Crippen LogP contribution >= 0.6 is 15.9 Å². The molecule has 1 fully saturated rings. The van der Waals surface area contributed by atoms with E-state index in [1.807, 2.05) is 18.2 Å². The fourth-order valence-corrected chi connectivity index (χ4v) is 2.53. The molecule has 92 valence electrons. The number of carbonyl (C=O) groups is 1. The van der Waals surface area contributed by atoms with Crippen molar-refractivity contribution in [3.05, 3.63) is 28.2 Å². The Kier molecular flexibility index (Phi) is 3.54. The van der Waals surface area contributed by atoms with Gasteiger partial charge in [0.05, 0.1) is 11.6 Å². The van der Waals surface area contributed by atoms with Gasteiger partial charge in [-0.2, -0.15) is 0 Å². The van der Waals surface area contributed by atoms with Crippen molar-refractivity contribution < 1.29 is 9.53 Å². The van der Waals surface area contributed by atoms with E-state index in [1.54, 1.807) is 7.11 Å². The minimum Gasteiger partial charge on any atom is -0.496 e. The Morgan fingerprint density at radius 1 is 1.53 bits per heavy atom. The summed E-state index contributed by atoms with van der Waals surface area (Å²) < 4.78 is 6.03. The van der Waals surface area contributed by atoms with E-state index < -0.39 is 0 Å². The second-order valence-electron chi connectivity index (χ2n) is 4.55. The van der Waals surface area contributed by atoms with Crippen molar-refractivity contribution in [1.82, 2.24) is 0 Å². The molecule has 0 unspecified atom stereocenters. The Bertz CT molecular complexity index is 441. The van der Waals surface area contributed by atoms with E-state index in [4.69, 9.17) is 10.5 Å². The summed E-state index contributed by atoms with van der Waals surface area (Å²) in [6.07, 6.45) is 2.35. The molecule has 0 spiro atoms. The predicted molar refractivity (Wildman–Crippen MR) is 70.1 cm³/mol. The first-order valence-electron chi connectivity index (χ1n) is 5.67. The fraction of sp³-hybridized carbons (Fsp3) is 0.462. The second-order valence-corrected chi connectivity index (χ2v) is 5.41. The third-order valence-electron chi connectivity index (χ3n) is 3.42. The molecule has 1 aromatic carbocycles. The highest BCUT2D eigenvalue weighted by Crippen LogP contribution is 2.46. The Morgan fingerprint density at radius 3 is 2.71 bits per heavy atom. The van der Waals surface area contributed by atoms with Gasteiger partial charge in [-0.05, 0) is 46.5 Å². The average molecular weight is 298 g/mol. The maximum atomic E-state index is 12.1. The van der Waals surface area contributed by atoms with Crippen molar-refractivity contribution in [2.24, 2.45) is 11.1 Å². The molecule has 1 aromatic rings. The normalized spacial score (nSPS) is 16.6. The molecule has 0 bridgehead atoms. The van der Waals surface area contributed by atoms with E-state index in [1.165, 1.54) is 0 Å². The zero-order valence-corrected chi connectivity index (χ0v) is 11.4. The van der Waals surface area contributed by atoms with Crippen LogP contribution in [0.1, 0.15) is 18.4 Å². The highest BCUT2D eigenvalue weighted by atomic mass is 79.9. The van der Waals surface area contributed by atoms with Gasteiger partial charge in [0.25, 0.3) is 0 Å². The molecule has 0 aliphatic heterocycles. The van der Waals surface area contributed by atoms with Gasteiger partial charge in [-0.1, -0.05) is 6.07 Å². The summed E-state index contributed by atoms with van der Waals surface area (Å²) in [6, 6.07) is 5.73. The topological polar surface area (TPSA) is 52.3 Å². The fourth-order valence-electron chi connectivity index (χ4n) is 1.94. The molecule has 1 aliphatic carbocycles. The van der Waals surface area contributed by atoms with Crippen LogP contribution in [0.2, 0.25) is 0 Å². The average Bonchev–Trinajstić information content (AvgIpc) is 3.10. The van der Waals surface area contributed by atoms with E-state index in [-0.39, 0.29) is 11.2 Å². The molecule has 0 saturated heterocycles. The lowest BCUT2D eigenvalue weighted by Crippen LogP contribution is -2.26. The Labute approximate surface area is 109 Å². The number of carbonyl (C=O) groups excluding carboxylic acids is 1. The van der Waals surface area contributed by atoms with Crippen LogP contribution in [0.25, 0.3) is 0 Å². The summed E-state index contributed by atoms with van der Waals surface area (Å²) in [5.74, 6) is 1.04. The number of ketones is 1. The van der Waals surface area contributed by atoms with Crippen LogP contribution in [0.4, 0.5) is 0 Å². The van der Waals surface area contributed by atoms with Gasteiger partial charge in [0.2, 0.25) is 0 Å². The molecule has 0 atom stereocenters. The molecule has 3 nitrogen and oxygen atoms in total. The minimum atomic E-state index is -0.216. The lowest BCUT2D eigenvalue weighted by Gasteiger charge is -2.11. The molecule has 0 amide bonds. The minimum absolute atomic E-state index is 0.216. The van der Waals surface area contributed by atoms with Crippen molar-refractivity contribution >= 4 is 21.7 Å². The van der Waals surface area contributed by atoms with Crippen LogP contribution in [0.3, 0.4) is 0 Å². The summed E-state index contributed by atoms with van der Waals surface area (Å²) in [5.41, 5.74) is 6.44. The van der Waals surface area contributed by atoms with Gasteiger partial charge in [-0.25, -0.2) is 0 Å². The monoisotopic (exact) mass is 297 g/mol. The number of rotatable bonds is 5. The first kappa shape index (κ1) is 12.6. The standard InChI is InChI=1S/C13H16BrNO2/c1-17-11-3-2-9(6-10(11)14)7-12(16)13(8-15)4-5-13/h2-3,6H,4-5,7-8,15H2,1H3. The molecule has 4 heteroatoms. The van der Waals surface area contributed by atoms with E-state index in [0.29, 0.717) is 13.0 Å². The highest BCUT2D eigenvalue weighted by Gasteiger charge is 2.47. The van der Waals surface area contributed by atoms with Gasteiger partial charge in [-0.15, -0.1) is 0 Å². The van der Waals surface area contributed by atoms with Crippen molar-refractivity contribution in [2.45, 2.75) is 19.3 Å². The van der Waals surface area contributed by atoms with Gasteiger partial charge >= 0.3 is 0 Å². The zero-order valence-electron chi connectivity index (χ0n) is 9.83. The number of nitrogens with two attached hydrogens (primary N) is 1. The lowest BCUT2D eigenvalue weighted by atomic mass is 9.95. The SMILES string of the molecule is COc1ccc(CC(=O)C2(CN)CC2)cc1Br. The number of halogens is 1. The highest BCUT2D eigenvalue weighted by molar-refractivity contribution is 9.10. The largest absolute Gasteiger partial charge is 0.496 e. The van der Waals surface area contributed by atoms with Gasteiger partial charge < -0.3 is 10.5 Å². The summed E-state index contributed by atoms with van der Waals surface area (Å²) in [5, 5.41) is 0. The van der Waals surface area contributed by atoms with Crippen LogP contribution in [0, 0.1) is 5.41 Å². The molecule has 0 heterocycles. The Balaban J connectivity index is 2.09. The van der Waals surface area contributed by atoms with Crippen LogP contribution in [0.5, 0.6) is 5.75 Å². The molecule has 0 radical (unpaired) electrons. The quantitative estimate of drug-likeness (QED) is 0.907. The van der Waals surface area contributed by atoms with Gasteiger partial charge in [0.15, 0.2) is 0 Å². The van der Waals surface area contributed by atoms with E-state index in [0.717, 1.165) is 28.6 Å². The van der Waals surface area contributed by atoms with Gasteiger partial charge in [-0.3, -0.25) is 4.79 Å². The number of benzene rings is 1. The number of hydrogen-bond acceptors (Lipinski definition) is 3. The predicted octanol–water partition coefficient (Wildman–Crippen LogP) is 2.31. The molecular formula is C13H16BrNO2. The molecular weight excluding hydrogens is 282 g/mol. The molecule has 0 aromatic heterocycles. The number of Topliss-reactive ketones (excluding diaryl/α,β-unsaturated/α-hetero) is 1. The molecule has 1 aliphatic rings. The summed E-state index contributed by atoms with van der Waals surface area (Å²) >= 11 is 3.42. The van der Waals surface area contributed by atoms with E-state index >= 15 is 0 Å². The van der Waals surface area contributed by atoms with Crippen molar-refractivity contribution in [3.8, 4) is 5.75 Å². The third-order valence-corrected chi connectivity index (χ3v) is 4.04. The molecule has 2 N–H and O–H groups in total. The lowest BCUT2D eigenvalue weighted by molar-refractivity contribution is -0.123. The molecule has 17 heavy (non-hydrogen) atoms. The van der Waals surface area contributed by atoms with Crippen molar-refractivity contribution in [1.29, 1.82) is 0 Å². The molecule has 2 rings (SSSR count). The van der Waals surface area contributed by atoms with Crippen LogP contribution < -0.4 is 10.5 Å². The number of hydrogen-bond donors (Lipinski definition) is 1. The first-order chi connectivity index (χ1) is 8.11. The first-order valence-corrected chi connectivity index (χ1v) is 6.46. The van der Waals surface area contributed by atoms with Crippen molar-refractivity contribution in [3.63, 3.8) is 0 Å². The van der Waals surface area contributed by atoms with Gasteiger partial charge in [0, 0.05) is 18.4 Å². The van der Waals surface area contributed by atoms with Crippen LogP contribution in [0.15, 0.2) is 22.7 Å². The smallest absolute Gasteiger partial charge is 0.144 e. The number of ether oxygens (including phenoxy) is 1. The Morgan fingerprint density at radius 2 is 2.24 bits per heavy atom. The molecule has 1 saturated carbocycles. The van der Waals surface area contributed by atoms with E-state index in [2.05, 4.69) is 15.9 Å². The number of methoxy groups -OCH3 is 1. The van der Waals surface area contributed by atoms with Crippen LogP contribution in [-0.2, 0) is 11.2 Å². The maximum absolute atomic E-state index is 12.1. The summed E-state index contributed by atoms with van der Waals surface area (Å²) in [6.45, 7) is 0.475. The second kappa shape index (κ2) is 4.78. The van der Waals surface area contributed by atoms with Crippen LogP contribution in [-0.4, -0.2) is 19.4 Å². The van der Waals surface area contributed by atoms with E-state index in [9.17, 15) is 4.79 Å². The zero-order chi connectivity index (χ0) is 12.5.